The van der Waals surface area contributed by atoms with Crippen LogP contribution in [0, 0.1) is 5.92 Å². The molecule has 39 heavy (non-hydrogen) atoms. The average Bonchev–Trinajstić information content (AvgIpc) is 3.31. The standard InChI is InChI=1S/C33H49NO5/c1-6-37-30-17-16-26(12-10-11-15-32(36)38-7-2)31(20-30)24(3)39-23-29(35)22-34-33(4,5)21-25-18-27-13-8-9-14-28(27)19-25/h8-9,13-14,16-17,20,24-25,29,34-35H,6-7,10-12,15,18-19,21-23H2,1-5H3/t24-,29-/m1/s1. The number of hydrogen-bond donors (Lipinski definition) is 2. The number of esters is 1. The number of aliphatic hydroxyl groups is 1. The summed E-state index contributed by atoms with van der Waals surface area (Å²) >= 11 is 0. The zero-order valence-electron chi connectivity index (χ0n) is 24.6. The van der Waals surface area contributed by atoms with Crippen molar-refractivity contribution in [2.75, 3.05) is 26.4 Å². The summed E-state index contributed by atoms with van der Waals surface area (Å²) in [7, 11) is 0. The van der Waals surface area contributed by atoms with E-state index in [1.165, 1.54) is 16.7 Å². The van der Waals surface area contributed by atoms with Crippen molar-refractivity contribution in [2.24, 2.45) is 5.92 Å². The van der Waals surface area contributed by atoms with Crippen LogP contribution in [0.25, 0.3) is 0 Å². The number of rotatable bonds is 17. The highest BCUT2D eigenvalue weighted by atomic mass is 16.5. The molecular weight excluding hydrogens is 490 g/mol. The van der Waals surface area contributed by atoms with E-state index >= 15 is 0 Å². The minimum atomic E-state index is -0.601. The first-order valence-electron chi connectivity index (χ1n) is 14.7. The van der Waals surface area contributed by atoms with Gasteiger partial charge in [0, 0.05) is 18.5 Å². The van der Waals surface area contributed by atoms with Crippen molar-refractivity contribution in [3.63, 3.8) is 0 Å². The minimum absolute atomic E-state index is 0.0676. The number of hydrogen-bond acceptors (Lipinski definition) is 6. The number of ether oxygens (including phenoxy) is 3. The van der Waals surface area contributed by atoms with Crippen LogP contribution in [0.15, 0.2) is 42.5 Å². The molecule has 6 heteroatoms. The van der Waals surface area contributed by atoms with Gasteiger partial charge in [0.2, 0.25) is 0 Å². The predicted octanol–water partition coefficient (Wildman–Crippen LogP) is 5.97. The van der Waals surface area contributed by atoms with Gasteiger partial charge >= 0.3 is 5.97 Å². The molecular formula is C33H49NO5. The summed E-state index contributed by atoms with van der Waals surface area (Å²) in [5.41, 5.74) is 5.14. The quantitative estimate of drug-likeness (QED) is 0.190. The second-order valence-electron chi connectivity index (χ2n) is 11.4. The number of carbonyl (C=O) groups is 1. The van der Waals surface area contributed by atoms with Gasteiger partial charge in [0.1, 0.15) is 5.75 Å². The second kappa shape index (κ2) is 15.4. The number of nitrogens with one attached hydrogen (secondary N) is 1. The van der Waals surface area contributed by atoms with Crippen LogP contribution in [-0.2, 0) is 33.5 Å². The van der Waals surface area contributed by atoms with Gasteiger partial charge in [0.15, 0.2) is 0 Å². The molecule has 0 unspecified atom stereocenters. The molecule has 0 amide bonds. The van der Waals surface area contributed by atoms with Crippen molar-refractivity contribution >= 4 is 5.97 Å². The smallest absolute Gasteiger partial charge is 0.305 e. The number of fused-ring (bicyclic) bond motifs is 1. The SMILES string of the molecule is CCOC(=O)CCCCc1ccc(OCC)cc1[C@@H](C)OC[C@H](O)CNC(C)(C)CC1Cc2ccccc2C1. The van der Waals surface area contributed by atoms with E-state index < -0.39 is 6.10 Å². The highest BCUT2D eigenvalue weighted by Crippen LogP contribution is 2.32. The van der Waals surface area contributed by atoms with Crippen molar-refractivity contribution in [2.45, 2.75) is 97.3 Å². The zero-order chi connectivity index (χ0) is 28.3. The maximum atomic E-state index is 11.7. The molecule has 2 atom stereocenters. The van der Waals surface area contributed by atoms with E-state index in [4.69, 9.17) is 14.2 Å². The number of β-amino-alcohol motifs (C(OH)–C–C–N with tert-alkyl or cyclic N) is 1. The molecule has 216 valence electrons. The Morgan fingerprint density at radius 3 is 2.46 bits per heavy atom. The average molecular weight is 540 g/mol. The molecule has 0 aromatic heterocycles. The van der Waals surface area contributed by atoms with Crippen molar-refractivity contribution < 1.29 is 24.1 Å². The first-order chi connectivity index (χ1) is 18.7. The summed E-state index contributed by atoms with van der Waals surface area (Å²) in [4.78, 5) is 11.7. The molecule has 0 heterocycles. The highest BCUT2D eigenvalue weighted by Gasteiger charge is 2.28. The van der Waals surface area contributed by atoms with Crippen LogP contribution in [0.4, 0.5) is 0 Å². The molecule has 0 radical (unpaired) electrons. The summed E-state index contributed by atoms with van der Waals surface area (Å²) in [5.74, 6) is 1.31. The number of aryl methyl sites for hydroxylation is 1. The zero-order valence-corrected chi connectivity index (χ0v) is 24.6. The minimum Gasteiger partial charge on any atom is -0.494 e. The Balaban J connectivity index is 1.47. The van der Waals surface area contributed by atoms with E-state index in [1.54, 1.807) is 0 Å². The Bertz CT molecular complexity index is 1010. The Kier molecular flexibility index (Phi) is 12.3. The van der Waals surface area contributed by atoms with Gasteiger partial charge < -0.3 is 24.6 Å². The van der Waals surface area contributed by atoms with Gasteiger partial charge in [-0.3, -0.25) is 4.79 Å². The number of benzene rings is 2. The lowest BCUT2D eigenvalue weighted by atomic mass is 9.88. The first-order valence-corrected chi connectivity index (χ1v) is 14.7. The summed E-state index contributed by atoms with van der Waals surface area (Å²) in [6.07, 6.45) is 5.50. The van der Waals surface area contributed by atoms with E-state index in [0.29, 0.717) is 32.1 Å². The van der Waals surface area contributed by atoms with Gasteiger partial charge in [-0.05, 0) is 113 Å². The Morgan fingerprint density at radius 1 is 1.08 bits per heavy atom. The van der Waals surface area contributed by atoms with Crippen LogP contribution in [0.2, 0.25) is 0 Å². The highest BCUT2D eigenvalue weighted by molar-refractivity contribution is 5.69. The third-order valence-electron chi connectivity index (χ3n) is 7.54. The van der Waals surface area contributed by atoms with Crippen LogP contribution in [0.1, 0.15) is 88.7 Å². The second-order valence-corrected chi connectivity index (χ2v) is 11.4. The molecule has 2 N–H and O–H groups in total. The van der Waals surface area contributed by atoms with E-state index in [2.05, 4.69) is 49.5 Å². The fourth-order valence-electron chi connectivity index (χ4n) is 5.64. The van der Waals surface area contributed by atoms with Gasteiger partial charge in [-0.15, -0.1) is 0 Å². The molecule has 0 aliphatic heterocycles. The van der Waals surface area contributed by atoms with Crippen LogP contribution in [-0.4, -0.2) is 49.1 Å². The summed E-state index contributed by atoms with van der Waals surface area (Å²) in [6, 6.07) is 14.9. The van der Waals surface area contributed by atoms with Gasteiger partial charge in [0.05, 0.1) is 32.0 Å². The van der Waals surface area contributed by atoms with Crippen LogP contribution >= 0.6 is 0 Å². The molecule has 0 bridgehead atoms. The molecule has 1 aliphatic rings. The maximum Gasteiger partial charge on any atom is 0.305 e. The molecule has 0 fully saturated rings. The Morgan fingerprint density at radius 2 is 1.79 bits per heavy atom. The van der Waals surface area contributed by atoms with Crippen molar-refractivity contribution in [1.29, 1.82) is 0 Å². The lowest BCUT2D eigenvalue weighted by Gasteiger charge is -2.31. The number of unbranched alkanes of at least 4 members (excludes halogenated alkanes) is 1. The summed E-state index contributed by atoms with van der Waals surface area (Å²) in [6.45, 7) is 12.0. The van der Waals surface area contributed by atoms with E-state index in [1.807, 2.05) is 32.9 Å². The molecule has 2 aromatic carbocycles. The molecule has 3 rings (SSSR count). The summed E-state index contributed by atoms with van der Waals surface area (Å²) in [5, 5.41) is 14.3. The number of aliphatic hydroxyl groups excluding tert-OH is 1. The van der Waals surface area contributed by atoms with Crippen LogP contribution in [0.5, 0.6) is 5.75 Å². The van der Waals surface area contributed by atoms with Gasteiger partial charge in [-0.1, -0.05) is 30.3 Å². The van der Waals surface area contributed by atoms with Crippen molar-refractivity contribution in [3.05, 3.63) is 64.7 Å². The molecule has 0 saturated heterocycles. The Hall–Kier alpha value is -2.41. The predicted molar refractivity (Wildman–Crippen MR) is 156 cm³/mol. The topological polar surface area (TPSA) is 77.0 Å². The van der Waals surface area contributed by atoms with Crippen LogP contribution < -0.4 is 10.1 Å². The third kappa shape index (κ3) is 10.3. The maximum absolute atomic E-state index is 11.7. The fraction of sp³-hybridized carbons (Fsp3) is 0.606. The first kappa shape index (κ1) is 31.1. The fourth-order valence-corrected chi connectivity index (χ4v) is 5.64. The van der Waals surface area contributed by atoms with E-state index in [9.17, 15) is 9.90 Å². The molecule has 6 nitrogen and oxygen atoms in total. The normalized spacial score (nSPS) is 15.1. The Labute approximate surface area is 235 Å². The molecule has 1 aliphatic carbocycles. The lowest BCUT2D eigenvalue weighted by molar-refractivity contribution is -0.143. The third-order valence-corrected chi connectivity index (χ3v) is 7.54. The van der Waals surface area contributed by atoms with Crippen molar-refractivity contribution in [3.8, 4) is 5.75 Å². The largest absolute Gasteiger partial charge is 0.494 e. The number of carbonyl (C=O) groups excluding carboxylic acids is 1. The van der Waals surface area contributed by atoms with E-state index in [-0.39, 0.29) is 24.2 Å². The molecule has 0 saturated carbocycles. The molecule has 0 spiro atoms. The van der Waals surface area contributed by atoms with Gasteiger partial charge in [-0.25, -0.2) is 0 Å². The molecule has 2 aromatic rings. The van der Waals surface area contributed by atoms with Crippen LogP contribution in [0.3, 0.4) is 0 Å². The van der Waals surface area contributed by atoms with Crippen molar-refractivity contribution in [1.82, 2.24) is 5.32 Å². The lowest BCUT2D eigenvalue weighted by Crippen LogP contribution is -2.45. The summed E-state index contributed by atoms with van der Waals surface area (Å²) < 4.78 is 16.9. The monoisotopic (exact) mass is 539 g/mol. The van der Waals surface area contributed by atoms with Gasteiger partial charge in [-0.2, -0.15) is 0 Å². The van der Waals surface area contributed by atoms with E-state index in [0.717, 1.165) is 49.8 Å². The van der Waals surface area contributed by atoms with Gasteiger partial charge in [0.25, 0.3) is 0 Å².